The first-order chi connectivity index (χ1) is 14.1. The third-order valence-corrected chi connectivity index (χ3v) is 6.03. The second kappa shape index (κ2) is 6.69. The fourth-order valence-electron chi connectivity index (χ4n) is 3.58. The van der Waals surface area contributed by atoms with Gasteiger partial charge in [-0.3, -0.25) is 14.2 Å². The van der Waals surface area contributed by atoms with Crippen LogP contribution in [0.5, 0.6) is 0 Å². The van der Waals surface area contributed by atoms with E-state index < -0.39 is 5.56 Å². The van der Waals surface area contributed by atoms with Crippen LogP contribution in [0.15, 0.2) is 75.6 Å². The van der Waals surface area contributed by atoms with E-state index in [4.69, 9.17) is 16.6 Å². The molecule has 7 heteroatoms. The molecule has 0 aliphatic rings. The second-order valence-corrected chi connectivity index (χ2v) is 8.02. The normalized spacial score (nSPS) is 11.4. The molecule has 0 atom stereocenters. The maximum absolute atomic E-state index is 13.6. The van der Waals surface area contributed by atoms with Crippen LogP contribution in [0.4, 0.5) is 0 Å². The molecule has 3 aromatic heterocycles. The summed E-state index contributed by atoms with van der Waals surface area (Å²) in [6, 6.07) is 18.0. The molecule has 5 aromatic rings. The molecule has 0 unspecified atom stereocenters. The Morgan fingerprint density at radius 3 is 2.59 bits per heavy atom. The highest BCUT2D eigenvalue weighted by atomic mass is 35.5. The summed E-state index contributed by atoms with van der Waals surface area (Å²) in [5, 5.41) is 2.97. The summed E-state index contributed by atoms with van der Waals surface area (Å²) in [7, 11) is 1.82. The molecule has 0 amide bonds. The Hall–Kier alpha value is -3.22. The number of pyridine rings is 1. The molecule has 29 heavy (non-hydrogen) atoms. The highest BCUT2D eigenvalue weighted by Gasteiger charge is 2.20. The van der Waals surface area contributed by atoms with Gasteiger partial charge in [-0.2, -0.15) is 0 Å². The molecule has 0 bridgehead atoms. The highest BCUT2D eigenvalue weighted by Crippen LogP contribution is 2.27. The molecule has 0 saturated carbocycles. The molecule has 0 N–H and O–H groups in total. The Balaban J connectivity index is 2.03. The van der Waals surface area contributed by atoms with Gasteiger partial charge in [0.05, 0.1) is 16.1 Å². The number of hydrogen-bond acceptors (Lipinski definition) is 4. The van der Waals surface area contributed by atoms with Gasteiger partial charge in [0.25, 0.3) is 5.56 Å². The summed E-state index contributed by atoms with van der Waals surface area (Å²) < 4.78 is 3.27. The largest absolute Gasteiger partial charge is 0.328 e. The zero-order chi connectivity index (χ0) is 20.1. The highest BCUT2D eigenvalue weighted by molar-refractivity contribution is 7.13. The van der Waals surface area contributed by atoms with E-state index in [1.165, 1.54) is 15.9 Å². The van der Waals surface area contributed by atoms with Gasteiger partial charge in [0.1, 0.15) is 5.39 Å². The van der Waals surface area contributed by atoms with Crippen molar-refractivity contribution in [3.8, 4) is 16.4 Å². The number of aryl methyl sites for hydroxylation is 1. The van der Waals surface area contributed by atoms with Crippen LogP contribution < -0.4 is 11.0 Å². The maximum atomic E-state index is 13.6. The van der Waals surface area contributed by atoms with Crippen molar-refractivity contribution >= 4 is 44.9 Å². The van der Waals surface area contributed by atoms with Crippen molar-refractivity contribution in [3.63, 3.8) is 0 Å². The molecule has 0 spiro atoms. The van der Waals surface area contributed by atoms with Crippen molar-refractivity contribution in [3.05, 3.63) is 91.6 Å². The predicted octanol–water partition coefficient (Wildman–Crippen LogP) is 4.62. The van der Waals surface area contributed by atoms with Gasteiger partial charge < -0.3 is 4.57 Å². The fourth-order valence-corrected chi connectivity index (χ4v) is 4.47. The average molecular weight is 420 g/mol. The van der Waals surface area contributed by atoms with Crippen LogP contribution in [0.1, 0.15) is 0 Å². The molecule has 0 saturated heterocycles. The minimum absolute atomic E-state index is 0.0616. The van der Waals surface area contributed by atoms with Crippen LogP contribution >= 0.6 is 22.9 Å². The van der Waals surface area contributed by atoms with Crippen molar-refractivity contribution in [1.82, 2.24) is 14.1 Å². The SMILES string of the molecule is Cn1c2ccccc2c(=O)c2c(=O)n(-c3cccc(Cl)c3)c(-c3cccs3)nc21. The Bertz CT molecular complexity index is 1520. The average Bonchev–Trinajstić information content (AvgIpc) is 3.26. The number of nitrogens with zero attached hydrogens (tertiary/aromatic N) is 3. The number of benzene rings is 2. The molecule has 5 rings (SSSR count). The Labute approximate surface area is 174 Å². The maximum Gasteiger partial charge on any atom is 0.271 e. The van der Waals surface area contributed by atoms with Crippen molar-refractivity contribution < 1.29 is 0 Å². The van der Waals surface area contributed by atoms with E-state index in [2.05, 4.69) is 0 Å². The van der Waals surface area contributed by atoms with Gasteiger partial charge in [0.15, 0.2) is 11.5 Å². The third kappa shape index (κ3) is 2.72. The smallest absolute Gasteiger partial charge is 0.271 e. The van der Waals surface area contributed by atoms with E-state index in [1.54, 1.807) is 41.0 Å². The Morgan fingerprint density at radius 2 is 1.83 bits per heavy atom. The van der Waals surface area contributed by atoms with E-state index in [1.807, 2.05) is 36.7 Å². The molecule has 2 aromatic carbocycles. The molecule has 0 aliphatic heterocycles. The van der Waals surface area contributed by atoms with E-state index >= 15 is 0 Å². The van der Waals surface area contributed by atoms with Gasteiger partial charge in [-0.05, 0) is 41.8 Å². The summed E-state index contributed by atoms with van der Waals surface area (Å²) in [4.78, 5) is 32.5. The molecular formula is C22H14ClN3O2S. The van der Waals surface area contributed by atoms with Crippen LogP contribution in [0, 0.1) is 0 Å². The summed E-state index contributed by atoms with van der Waals surface area (Å²) >= 11 is 7.66. The van der Waals surface area contributed by atoms with E-state index in [-0.39, 0.29) is 10.8 Å². The van der Waals surface area contributed by atoms with Crippen molar-refractivity contribution in [2.24, 2.45) is 7.05 Å². The molecule has 3 heterocycles. The van der Waals surface area contributed by atoms with Crippen molar-refractivity contribution in [1.29, 1.82) is 0 Å². The lowest BCUT2D eigenvalue weighted by Gasteiger charge is -2.15. The summed E-state index contributed by atoms with van der Waals surface area (Å²) in [6.07, 6.45) is 0. The van der Waals surface area contributed by atoms with E-state index in [9.17, 15) is 9.59 Å². The number of aromatic nitrogens is 3. The number of halogens is 1. The second-order valence-electron chi connectivity index (χ2n) is 6.64. The zero-order valence-electron chi connectivity index (χ0n) is 15.3. The monoisotopic (exact) mass is 419 g/mol. The number of para-hydroxylation sites is 1. The quantitative estimate of drug-likeness (QED) is 0.392. The predicted molar refractivity (Wildman–Crippen MR) is 118 cm³/mol. The van der Waals surface area contributed by atoms with Gasteiger partial charge >= 0.3 is 0 Å². The summed E-state index contributed by atoms with van der Waals surface area (Å²) in [5.74, 6) is 0.477. The molecule has 0 aliphatic carbocycles. The molecule has 5 nitrogen and oxygen atoms in total. The fraction of sp³-hybridized carbons (Fsp3) is 0.0455. The van der Waals surface area contributed by atoms with Gasteiger partial charge in [-0.15, -0.1) is 11.3 Å². The lowest BCUT2D eigenvalue weighted by molar-refractivity contribution is 0.927. The molecular weight excluding hydrogens is 406 g/mol. The van der Waals surface area contributed by atoms with E-state index in [0.29, 0.717) is 27.6 Å². The topological polar surface area (TPSA) is 56.9 Å². The number of rotatable bonds is 2. The third-order valence-electron chi connectivity index (χ3n) is 4.93. The lowest BCUT2D eigenvalue weighted by atomic mass is 10.1. The first kappa shape index (κ1) is 17.8. The summed E-state index contributed by atoms with van der Waals surface area (Å²) in [6.45, 7) is 0. The van der Waals surface area contributed by atoms with Gasteiger partial charge in [-0.1, -0.05) is 35.9 Å². The minimum Gasteiger partial charge on any atom is -0.328 e. The van der Waals surface area contributed by atoms with Crippen LogP contribution in [-0.4, -0.2) is 14.1 Å². The van der Waals surface area contributed by atoms with Crippen LogP contribution in [-0.2, 0) is 7.05 Å². The number of hydrogen-bond donors (Lipinski definition) is 0. The van der Waals surface area contributed by atoms with Crippen LogP contribution in [0.25, 0.3) is 38.3 Å². The first-order valence-corrected chi connectivity index (χ1v) is 10.2. The minimum atomic E-state index is -0.410. The van der Waals surface area contributed by atoms with Gasteiger partial charge in [0.2, 0.25) is 5.43 Å². The first-order valence-electron chi connectivity index (χ1n) is 8.90. The van der Waals surface area contributed by atoms with Crippen molar-refractivity contribution in [2.75, 3.05) is 0 Å². The zero-order valence-corrected chi connectivity index (χ0v) is 16.9. The summed E-state index contributed by atoms with van der Waals surface area (Å²) in [5.41, 5.74) is 0.928. The van der Waals surface area contributed by atoms with Gasteiger partial charge in [-0.25, -0.2) is 4.98 Å². The standard InChI is InChI=1S/C22H14ClN3O2S/c1-25-16-9-3-2-8-15(16)19(27)18-21(25)24-20(17-10-5-11-29-17)26(22(18)28)14-7-4-6-13(23)12-14/h2-12H,1H3. The lowest BCUT2D eigenvalue weighted by Crippen LogP contribution is -2.28. The molecule has 0 fully saturated rings. The number of fused-ring (bicyclic) bond motifs is 2. The van der Waals surface area contributed by atoms with Gasteiger partial charge in [0, 0.05) is 17.5 Å². The van der Waals surface area contributed by atoms with E-state index in [0.717, 1.165) is 10.4 Å². The molecule has 0 radical (unpaired) electrons. The van der Waals surface area contributed by atoms with Crippen molar-refractivity contribution in [2.45, 2.75) is 0 Å². The molecule has 142 valence electrons. The van der Waals surface area contributed by atoms with Crippen LogP contribution in [0.3, 0.4) is 0 Å². The number of thiophene rings is 1. The Morgan fingerprint density at radius 1 is 1.00 bits per heavy atom. The van der Waals surface area contributed by atoms with Crippen LogP contribution in [0.2, 0.25) is 5.02 Å². The Kier molecular flexibility index (Phi) is 4.12.